The van der Waals surface area contributed by atoms with Crippen LogP contribution >= 0.6 is 0 Å². The van der Waals surface area contributed by atoms with E-state index in [-0.39, 0.29) is 0 Å². The molecule has 152 valence electrons. The molecule has 8 nitrogen and oxygen atoms in total. The van der Waals surface area contributed by atoms with Gasteiger partial charge in [0.15, 0.2) is 21.6 Å². The first-order valence-corrected chi connectivity index (χ1v) is 11.5. The molecule has 1 aliphatic rings. The number of hydrogen-bond donors (Lipinski definition) is 2. The first kappa shape index (κ1) is 20.3. The predicted octanol–water partition coefficient (Wildman–Crippen LogP) is 1.32. The van der Waals surface area contributed by atoms with Crippen LogP contribution < -0.4 is 10.6 Å². The highest BCUT2D eigenvalue weighted by atomic mass is 32.2. The number of fused-ring (bicyclic) bond motifs is 1. The lowest BCUT2D eigenvalue weighted by atomic mass is 10.1. The Hall–Kier alpha value is -2.42. The van der Waals surface area contributed by atoms with E-state index in [1.54, 1.807) is 19.2 Å². The normalized spacial score (nSPS) is 15.0. The molecule has 0 fully saturated rings. The van der Waals surface area contributed by atoms with Crippen molar-refractivity contribution in [2.24, 2.45) is 4.99 Å². The van der Waals surface area contributed by atoms with Gasteiger partial charge in [-0.2, -0.15) is 0 Å². The topological polar surface area (TPSA) is 101 Å². The lowest BCUT2D eigenvalue weighted by Gasteiger charge is -2.13. The third-order valence-corrected chi connectivity index (χ3v) is 6.01. The first-order chi connectivity index (χ1) is 13.5. The number of rotatable bonds is 6. The predicted molar refractivity (Wildman–Crippen MR) is 109 cm³/mol. The van der Waals surface area contributed by atoms with Gasteiger partial charge in [0.05, 0.1) is 11.4 Å². The number of aliphatic imine (C=N–C) groups is 1. The molecule has 0 radical (unpaired) electrons. The van der Waals surface area contributed by atoms with E-state index in [2.05, 4.69) is 30.4 Å². The fraction of sp³-hybridized carbons (Fsp3) is 0.526. The van der Waals surface area contributed by atoms with E-state index < -0.39 is 9.84 Å². The van der Waals surface area contributed by atoms with Gasteiger partial charge in [-0.1, -0.05) is 18.6 Å². The zero-order chi connectivity index (χ0) is 20.0. The monoisotopic (exact) mass is 404 g/mol. The Labute approximate surface area is 166 Å². The molecule has 9 heteroatoms. The van der Waals surface area contributed by atoms with E-state index >= 15 is 0 Å². The molecular weight excluding hydrogens is 376 g/mol. The van der Waals surface area contributed by atoms with Crippen molar-refractivity contribution < 1.29 is 8.42 Å². The summed E-state index contributed by atoms with van der Waals surface area (Å²) in [6.07, 6.45) is 6.57. The third kappa shape index (κ3) is 5.31. The van der Waals surface area contributed by atoms with Crippen molar-refractivity contribution >= 4 is 15.8 Å². The summed E-state index contributed by atoms with van der Waals surface area (Å²) in [5, 5.41) is 15.2. The second kappa shape index (κ2) is 9.18. The van der Waals surface area contributed by atoms with Crippen LogP contribution in [-0.2, 0) is 35.8 Å². The van der Waals surface area contributed by atoms with Gasteiger partial charge in [-0.15, -0.1) is 10.2 Å². The molecule has 2 aromatic rings. The highest BCUT2D eigenvalue weighted by Crippen LogP contribution is 2.14. The molecule has 0 unspecified atom stereocenters. The van der Waals surface area contributed by atoms with Crippen LogP contribution in [0, 0.1) is 0 Å². The molecule has 0 atom stereocenters. The molecule has 28 heavy (non-hydrogen) atoms. The fourth-order valence-electron chi connectivity index (χ4n) is 3.29. The molecular formula is C19H28N6O2S. The molecule has 0 aliphatic carbocycles. The minimum absolute atomic E-state index is 0.342. The van der Waals surface area contributed by atoms with Crippen LogP contribution in [0.25, 0.3) is 0 Å². The maximum Gasteiger partial charge on any atom is 0.191 e. The highest BCUT2D eigenvalue weighted by molar-refractivity contribution is 7.90. The van der Waals surface area contributed by atoms with Crippen LogP contribution in [0.4, 0.5) is 0 Å². The second-order valence-electron chi connectivity index (χ2n) is 7.01. The summed E-state index contributed by atoms with van der Waals surface area (Å²) in [5.74, 6) is 2.73. The van der Waals surface area contributed by atoms with E-state index in [0.29, 0.717) is 23.9 Å². The molecule has 1 aliphatic heterocycles. The average molecular weight is 405 g/mol. The van der Waals surface area contributed by atoms with E-state index in [1.165, 1.54) is 25.5 Å². The maximum absolute atomic E-state index is 11.5. The Morgan fingerprint density at radius 3 is 2.64 bits per heavy atom. The van der Waals surface area contributed by atoms with Crippen LogP contribution in [0.3, 0.4) is 0 Å². The molecule has 1 aromatic carbocycles. The summed E-state index contributed by atoms with van der Waals surface area (Å²) in [6.45, 7) is 2.25. The van der Waals surface area contributed by atoms with Gasteiger partial charge >= 0.3 is 0 Å². The maximum atomic E-state index is 11.5. The quantitative estimate of drug-likeness (QED) is 0.556. The van der Waals surface area contributed by atoms with Gasteiger partial charge in [0, 0.05) is 32.8 Å². The van der Waals surface area contributed by atoms with Crippen molar-refractivity contribution in [2.45, 2.75) is 50.1 Å². The Morgan fingerprint density at radius 1 is 1.14 bits per heavy atom. The van der Waals surface area contributed by atoms with Crippen molar-refractivity contribution in [3.05, 3.63) is 41.5 Å². The van der Waals surface area contributed by atoms with Crippen molar-refractivity contribution in [3.8, 4) is 0 Å². The summed E-state index contributed by atoms with van der Waals surface area (Å²) < 4.78 is 25.3. The Morgan fingerprint density at radius 2 is 1.93 bits per heavy atom. The SMILES string of the molecule is CN=C(NCCc1ccc(S(C)(=O)=O)cc1)NCc1nnc2n1CCCCC2. The van der Waals surface area contributed by atoms with Gasteiger partial charge in [0.1, 0.15) is 5.82 Å². The molecule has 0 bridgehead atoms. The summed E-state index contributed by atoms with van der Waals surface area (Å²) in [6, 6.07) is 6.99. The minimum atomic E-state index is -3.15. The number of benzene rings is 1. The van der Waals surface area contributed by atoms with Crippen molar-refractivity contribution in [3.63, 3.8) is 0 Å². The molecule has 0 spiro atoms. The number of guanidine groups is 1. The van der Waals surface area contributed by atoms with Crippen molar-refractivity contribution in [2.75, 3.05) is 19.8 Å². The molecule has 2 N–H and O–H groups in total. The van der Waals surface area contributed by atoms with Crippen LogP contribution in [-0.4, -0.2) is 49.0 Å². The Balaban J connectivity index is 1.48. The number of hydrogen-bond acceptors (Lipinski definition) is 5. The number of aryl methyl sites for hydroxylation is 1. The van der Waals surface area contributed by atoms with Crippen LogP contribution in [0.15, 0.2) is 34.2 Å². The van der Waals surface area contributed by atoms with E-state index in [0.717, 1.165) is 36.6 Å². The number of nitrogens with zero attached hydrogens (tertiary/aromatic N) is 4. The van der Waals surface area contributed by atoms with Crippen molar-refractivity contribution in [1.29, 1.82) is 0 Å². The second-order valence-corrected chi connectivity index (χ2v) is 9.03. The van der Waals surface area contributed by atoms with Gasteiger partial charge in [-0.3, -0.25) is 4.99 Å². The van der Waals surface area contributed by atoms with Crippen molar-refractivity contribution in [1.82, 2.24) is 25.4 Å². The number of sulfone groups is 1. The van der Waals surface area contributed by atoms with Crippen LogP contribution in [0.2, 0.25) is 0 Å². The fourth-order valence-corrected chi connectivity index (χ4v) is 3.92. The lowest BCUT2D eigenvalue weighted by molar-refractivity contribution is 0.596. The molecule has 0 amide bonds. The van der Waals surface area contributed by atoms with E-state index in [9.17, 15) is 8.42 Å². The van der Waals surface area contributed by atoms with Crippen LogP contribution in [0.5, 0.6) is 0 Å². The molecule has 2 heterocycles. The average Bonchev–Trinajstić information content (AvgIpc) is 2.90. The van der Waals surface area contributed by atoms with Gasteiger partial charge in [-0.25, -0.2) is 8.42 Å². The van der Waals surface area contributed by atoms with Crippen LogP contribution in [0.1, 0.15) is 36.5 Å². The first-order valence-electron chi connectivity index (χ1n) is 9.62. The summed E-state index contributed by atoms with van der Waals surface area (Å²) in [7, 11) is -1.42. The Kier molecular flexibility index (Phi) is 6.66. The zero-order valence-electron chi connectivity index (χ0n) is 16.5. The number of aromatic nitrogens is 3. The highest BCUT2D eigenvalue weighted by Gasteiger charge is 2.14. The standard InChI is InChI=1S/C19H28N6O2S/c1-20-19(21-12-11-15-7-9-16(10-8-15)28(2,26)27)22-14-18-24-23-17-6-4-3-5-13-25(17)18/h7-10H,3-6,11-14H2,1-2H3,(H2,20,21,22). The number of nitrogens with one attached hydrogen (secondary N) is 2. The van der Waals surface area contributed by atoms with E-state index in [4.69, 9.17) is 0 Å². The summed E-state index contributed by atoms with van der Waals surface area (Å²) in [5.41, 5.74) is 1.07. The molecule has 0 saturated carbocycles. The van der Waals surface area contributed by atoms with E-state index in [1.807, 2.05) is 12.1 Å². The summed E-state index contributed by atoms with van der Waals surface area (Å²) >= 11 is 0. The van der Waals surface area contributed by atoms with Gasteiger partial charge in [0.25, 0.3) is 0 Å². The van der Waals surface area contributed by atoms with Gasteiger partial charge in [-0.05, 0) is 37.0 Å². The molecule has 1 aromatic heterocycles. The lowest BCUT2D eigenvalue weighted by Crippen LogP contribution is -2.38. The Bertz CT molecular complexity index is 918. The summed E-state index contributed by atoms with van der Waals surface area (Å²) in [4.78, 5) is 4.60. The largest absolute Gasteiger partial charge is 0.356 e. The minimum Gasteiger partial charge on any atom is -0.356 e. The zero-order valence-corrected chi connectivity index (χ0v) is 17.3. The third-order valence-electron chi connectivity index (χ3n) is 4.88. The van der Waals surface area contributed by atoms with Gasteiger partial charge in [0.2, 0.25) is 0 Å². The molecule has 3 rings (SSSR count). The smallest absolute Gasteiger partial charge is 0.191 e. The van der Waals surface area contributed by atoms with Gasteiger partial charge < -0.3 is 15.2 Å². The molecule has 0 saturated heterocycles.